The molecule has 1 aliphatic heterocycles. The molecule has 1 aromatic rings. The highest BCUT2D eigenvalue weighted by molar-refractivity contribution is 6.37. The van der Waals surface area contributed by atoms with Crippen molar-refractivity contribution in [3.05, 3.63) is 29.8 Å². The van der Waals surface area contributed by atoms with Crippen molar-refractivity contribution in [3.8, 4) is 0 Å². The van der Waals surface area contributed by atoms with Crippen LogP contribution in [0.1, 0.15) is 25.8 Å². The molecule has 1 aromatic carbocycles. The average molecular weight is 330 g/mol. The van der Waals surface area contributed by atoms with Crippen molar-refractivity contribution in [2.75, 3.05) is 18.7 Å². The molecule has 5 nitrogen and oxygen atoms in total. The number of hydrazone groups is 1. The van der Waals surface area contributed by atoms with Gasteiger partial charge in [0.05, 0.1) is 17.9 Å². The Morgan fingerprint density at radius 1 is 1.43 bits per heavy atom. The van der Waals surface area contributed by atoms with Crippen molar-refractivity contribution in [2.24, 2.45) is 5.10 Å². The Hall–Kier alpha value is -2.09. The van der Waals surface area contributed by atoms with Crippen LogP contribution in [0.2, 0.25) is 0 Å². The summed E-state index contributed by atoms with van der Waals surface area (Å²) >= 11 is 0. The molecule has 1 aliphatic rings. The zero-order valence-electron chi connectivity index (χ0n) is 13.0. The number of carbonyl (C=O) groups is 1. The summed E-state index contributed by atoms with van der Waals surface area (Å²) in [5, 5.41) is 5.38. The van der Waals surface area contributed by atoms with Crippen molar-refractivity contribution >= 4 is 17.4 Å². The van der Waals surface area contributed by atoms with Gasteiger partial charge in [-0.3, -0.25) is 0 Å². The predicted octanol–water partition coefficient (Wildman–Crippen LogP) is 3.20. The first-order valence-corrected chi connectivity index (χ1v) is 6.98. The molecular formula is C15H17F3N2O3. The SMILES string of the molecule is CCOC(=O)C1=NN(c2cccc(C(F)(F)F)c2)[C@](C)(OC)C1. The van der Waals surface area contributed by atoms with Gasteiger partial charge in [0.25, 0.3) is 0 Å². The molecule has 0 N–H and O–H groups in total. The fraction of sp³-hybridized carbons (Fsp3) is 0.467. The molecule has 0 fully saturated rings. The molecule has 126 valence electrons. The van der Waals surface area contributed by atoms with Gasteiger partial charge in [0.1, 0.15) is 0 Å². The van der Waals surface area contributed by atoms with E-state index in [2.05, 4.69) is 5.10 Å². The van der Waals surface area contributed by atoms with E-state index in [1.165, 1.54) is 24.3 Å². The molecule has 0 saturated heterocycles. The van der Waals surface area contributed by atoms with Crippen LogP contribution in [-0.4, -0.2) is 31.1 Å². The van der Waals surface area contributed by atoms with Gasteiger partial charge in [0.2, 0.25) is 0 Å². The first-order valence-electron chi connectivity index (χ1n) is 6.98. The summed E-state index contributed by atoms with van der Waals surface area (Å²) in [7, 11) is 1.41. The van der Waals surface area contributed by atoms with Crippen LogP contribution in [0.4, 0.5) is 18.9 Å². The van der Waals surface area contributed by atoms with Crippen LogP contribution in [0.25, 0.3) is 0 Å². The predicted molar refractivity (Wildman–Crippen MR) is 78.0 cm³/mol. The molecule has 1 heterocycles. The van der Waals surface area contributed by atoms with Crippen LogP contribution in [0.15, 0.2) is 29.4 Å². The summed E-state index contributed by atoms with van der Waals surface area (Å²) < 4.78 is 48.9. The number of rotatable bonds is 4. The molecule has 2 rings (SSSR count). The molecule has 0 bridgehead atoms. The van der Waals surface area contributed by atoms with E-state index in [1.54, 1.807) is 13.8 Å². The summed E-state index contributed by atoms with van der Waals surface area (Å²) in [6.07, 6.45) is -4.36. The molecule has 8 heteroatoms. The second-order valence-electron chi connectivity index (χ2n) is 5.18. The van der Waals surface area contributed by atoms with Crippen LogP contribution < -0.4 is 5.01 Å². The number of benzene rings is 1. The second-order valence-corrected chi connectivity index (χ2v) is 5.18. The van der Waals surface area contributed by atoms with Crippen molar-refractivity contribution < 1.29 is 27.4 Å². The van der Waals surface area contributed by atoms with E-state index in [0.717, 1.165) is 12.1 Å². The highest BCUT2D eigenvalue weighted by Gasteiger charge is 2.43. The van der Waals surface area contributed by atoms with Gasteiger partial charge in [0, 0.05) is 13.5 Å². The van der Waals surface area contributed by atoms with Gasteiger partial charge < -0.3 is 9.47 Å². The largest absolute Gasteiger partial charge is 0.461 e. The van der Waals surface area contributed by atoms with Gasteiger partial charge in [-0.2, -0.15) is 18.3 Å². The van der Waals surface area contributed by atoms with Crippen LogP contribution >= 0.6 is 0 Å². The van der Waals surface area contributed by atoms with E-state index in [0.29, 0.717) is 0 Å². The number of hydrogen-bond donors (Lipinski definition) is 0. The number of methoxy groups -OCH3 is 1. The molecule has 0 amide bonds. The fourth-order valence-corrected chi connectivity index (χ4v) is 2.28. The minimum atomic E-state index is -4.47. The van der Waals surface area contributed by atoms with Crippen LogP contribution in [-0.2, 0) is 20.4 Å². The maximum atomic E-state index is 12.9. The molecular weight excluding hydrogens is 313 g/mol. The number of alkyl halides is 3. The van der Waals surface area contributed by atoms with Gasteiger partial charge >= 0.3 is 12.1 Å². The number of anilines is 1. The van der Waals surface area contributed by atoms with E-state index in [-0.39, 0.29) is 24.4 Å². The first kappa shape index (κ1) is 17.3. The van der Waals surface area contributed by atoms with Gasteiger partial charge in [0.15, 0.2) is 11.4 Å². The summed E-state index contributed by atoms with van der Waals surface area (Å²) in [4.78, 5) is 11.8. The van der Waals surface area contributed by atoms with Gasteiger partial charge in [-0.05, 0) is 32.0 Å². The number of halogens is 3. The third-order valence-electron chi connectivity index (χ3n) is 3.53. The quantitative estimate of drug-likeness (QED) is 0.796. The minimum absolute atomic E-state index is 0.105. The molecule has 0 unspecified atom stereocenters. The minimum Gasteiger partial charge on any atom is -0.461 e. The monoisotopic (exact) mass is 330 g/mol. The highest BCUT2D eigenvalue weighted by Crippen LogP contribution is 2.37. The van der Waals surface area contributed by atoms with Crippen molar-refractivity contribution in [1.29, 1.82) is 0 Å². The fourth-order valence-electron chi connectivity index (χ4n) is 2.28. The average Bonchev–Trinajstić information content (AvgIpc) is 2.85. The molecule has 0 aliphatic carbocycles. The van der Waals surface area contributed by atoms with E-state index in [9.17, 15) is 18.0 Å². The number of ether oxygens (including phenoxy) is 2. The Balaban J connectivity index is 2.41. The third-order valence-corrected chi connectivity index (χ3v) is 3.53. The Kier molecular flexibility index (Phi) is 4.65. The topological polar surface area (TPSA) is 51.1 Å². The summed E-state index contributed by atoms with van der Waals surface area (Å²) in [5.74, 6) is -0.606. The van der Waals surface area contributed by atoms with E-state index < -0.39 is 23.4 Å². The Bertz CT molecular complexity index is 631. The smallest absolute Gasteiger partial charge is 0.416 e. The van der Waals surface area contributed by atoms with Gasteiger partial charge in [-0.1, -0.05) is 6.07 Å². The maximum absolute atomic E-state index is 12.9. The lowest BCUT2D eigenvalue weighted by Crippen LogP contribution is -2.42. The maximum Gasteiger partial charge on any atom is 0.416 e. The number of carbonyl (C=O) groups excluding carboxylic acids is 1. The van der Waals surface area contributed by atoms with E-state index in [4.69, 9.17) is 9.47 Å². The lowest BCUT2D eigenvalue weighted by atomic mass is 10.1. The molecule has 1 atom stereocenters. The number of esters is 1. The summed E-state index contributed by atoms with van der Waals surface area (Å²) in [6.45, 7) is 3.49. The van der Waals surface area contributed by atoms with Crippen LogP contribution in [0.3, 0.4) is 0 Å². The summed E-state index contributed by atoms with van der Waals surface area (Å²) in [6, 6.07) is 4.70. The molecule has 0 aromatic heterocycles. The normalized spacial score (nSPS) is 21.3. The molecule has 0 spiro atoms. The standard InChI is InChI=1S/C15H17F3N2O3/c1-4-23-13(21)12-9-14(2,22-3)20(19-12)11-7-5-6-10(8-11)15(16,17)18/h5-8H,4,9H2,1-3H3/t14-/m1/s1. The zero-order chi connectivity index (χ0) is 17.3. The van der Waals surface area contributed by atoms with Crippen LogP contribution in [0.5, 0.6) is 0 Å². The highest BCUT2D eigenvalue weighted by atomic mass is 19.4. The van der Waals surface area contributed by atoms with Crippen molar-refractivity contribution in [1.82, 2.24) is 0 Å². The molecule has 23 heavy (non-hydrogen) atoms. The number of hydrogen-bond acceptors (Lipinski definition) is 5. The first-order chi connectivity index (χ1) is 10.7. The van der Waals surface area contributed by atoms with Crippen molar-refractivity contribution in [2.45, 2.75) is 32.2 Å². The van der Waals surface area contributed by atoms with Gasteiger partial charge in [-0.25, -0.2) is 9.80 Å². The van der Waals surface area contributed by atoms with Crippen molar-refractivity contribution in [3.63, 3.8) is 0 Å². The molecule has 0 radical (unpaired) electrons. The Morgan fingerprint density at radius 3 is 2.70 bits per heavy atom. The van der Waals surface area contributed by atoms with E-state index >= 15 is 0 Å². The lowest BCUT2D eigenvalue weighted by Gasteiger charge is -2.32. The Morgan fingerprint density at radius 2 is 2.13 bits per heavy atom. The Labute approximate surface area is 131 Å². The van der Waals surface area contributed by atoms with Gasteiger partial charge in [-0.15, -0.1) is 0 Å². The van der Waals surface area contributed by atoms with Crippen LogP contribution in [0, 0.1) is 0 Å². The third kappa shape index (κ3) is 3.47. The number of nitrogens with zero attached hydrogens (tertiary/aromatic N) is 2. The summed E-state index contributed by atoms with van der Waals surface area (Å²) in [5.41, 5.74) is -1.57. The zero-order valence-corrected chi connectivity index (χ0v) is 13.0. The van der Waals surface area contributed by atoms with E-state index in [1.807, 2.05) is 0 Å². The molecule has 0 saturated carbocycles. The lowest BCUT2D eigenvalue weighted by molar-refractivity contribution is -0.137. The second kappa shape index (κ2) is 6.19.